The number of carbonyl (C=O) groups excluding carboxylic acids is 1. The highest BCUT2D eigenvalue weighted by atomic mass is 32.2. The van der Waals surface area contributed by atoms with Crippen LogP contribution in [0.5, 0.6) is 0 Å². The molecule has 1 atom stereocenters. The van der Waals surface area contributed by atoms with Crippen LogP contribution in [0.2, 0.25) is 0 Å². The van der Waals surface area contributed by atoms with Crippen LogP contribution in [0.15, 0.2) is 64.2 Å². The topological polar surface area (TPSA) is 122 Å². The molecule has 2 aliphatic rings. The van der Waals surface area contributed by atoms with Crippen LogP contribution in [0.3, 0.4) is 0 Å². The smallest absolute Gasteiger partial charge is 0.338 e. The van der Waals surface area contributed by atoms with Crippen molar-refractivity contribution in [2.45, 2.75) is 49.5 Å². The predicted molar refractivity (Wildman–Crippen MR) is 132 cm³/mol. The summed E-state index contributed by atoms with van der Waals surface area (Å²) in [4.78, 5) is 17.8. The number of hydrogen-bond acceptors (Lipinski definition) is 8. The first-order valence-corrected chi connectivity index (χ1v) is 12.6. The monoisotopic (exact) mass is 486 g/mol. The zero-order chi connectivity index (χ0) is 24.8. The van der Waals surface area contributed by atoms with Gasteiger partial charge in [-0.3, -0.25) is 0 Å². The van der Waals surface area contributed by atoms with Crippen molar-refractivity contribution in [2.24, 2.45) is 5.73 Å². The number of ether oxygens (including phenoxy) is 2. The quantitative estimate of drug-likeness (QED) is 0.479. The van der Waals surface area contributed by atoms with E-state index in [4.69, 9.17) is 20.2 Å². The fraction of sp³-hybridized carbons (Fsp3) is 0.333. The van der Waals surface area contributed by atoms with Crippen LogP contribution >= 0.6 is 11.8 Å². The highest BCUT2D eigenvalue weighted by molar-refractivity contribution is 7.99. The lowest BCUT2D eigenvalue weighted by atomic mass is 9.83. The molecule has 0 spiro atoms. The summed E-state index contributed by atoms with van der Waals surface area (Å²) in [5.74, 6) is -0.854. The molecule has 2 heterocycles. The fourth-order valence-electron chi connectivity index (χ4n) is 4.53. The maximum Gasteiger partial charge on any atom is 0.338 e. The van der Waals surface area contributed by atoms with E-state index in [2.05, 4.69) is 12.1 Å². The van der Waals surface area contributed by atoms with E-state index >= 15 is 0 Å². The summed E-state index contributed by atoms with van der Waals surface area (Å²) in [6.07, 6.45) is 6.37. The molecule has 0 bridgehead atoms. The van der Waals surface area contributed by atoms with Gasteiger partial charge in [0.25, 0.3) is 0 Å². The van der Waals surface area contributed by atoms with Gasteiger partial charge in [-0.2, -0.15) is 10.5 Å². The summed E-state index contributed by atoms with van der Waals surface area (Å²) in [6.45, 7) is 0. The molecule has 0 fully saturated rings. The number of hydrogen-bond donors (Lipinski definition) is 1. The van der Waals surface area contributed by atoms with E-state index < -0.39 is 11.9 Å². The Morgan fingerprint density at radius 2 is 1.91 bits per heavy atom. The van der Waals surface area contributed by atoms with E-state index in [1.54, 1.807) is 0 Å². The van der Waals surface area contributed by atoms with Crippen molar-refractivity contribution in [3.05, 3.63) is 81.6 Å². The number of nitriles is 2. The molecular formula is C27H26N4O3S. The van der Waals surface area contributed by atoms with Crippen molar-refractivity contribution in [3.63, 3.8) is 0 Å². The average Bonchev–Trinajstić information content (AvgIpc) is 2.87. The number of nitrogens with two attached hydrogens (primary N) is 1. The number of aromatic nitrogens is 1. The molecule has 0 unspecified atom stereocenters. The number of fused-ring (bicyclic) bond motifs is 1. The maximum absolute atomic E-state index is 12.9. The highest BCUT2D eigenvalue weighted by Gasteiger charge is 2.37. The Morgan fingerprint density at radius 1 is 1.17 bits per heavy atom. The number of nitrogens with zero attached hydrogens (tertiary/aromatic N) is 3. The first-order chi connectivity index (χ1) is 17.1. The molecule has 0 saturated carbocycles. The van der Waals surface area contributed by atoms with E-state index in [0.29, 0.717) is 16.3 Å². The third kappa shape index (κ3) is 5.18. The zero-order valence-corrected chi connectivity index (χ0v) is 20.4. The van der Waals surface area contributed by atoms with E-state index in [1.165, 1.54) is 31.7 Å². The number of benzene rings is 1. The van der Waals surface area contributed by atoms with Gasteiger partial charge < -0.3 is 15.2 Å². The molecule has 1 aromatic carbocycles. The van der Waals surface area contributed by atoms with Gasteiger partial charge in [0.2, 0.25) is 5.88 Å². The van der Waals surface area contributed by atoms with Gasteiger partial charge in [-0.15, -0.1) is 0 Å². The molecular weight excluding hydrogens is 460 g/mol. The molecule has 8 heteroatoms. The second-order valence-electron chi connectivity index (χ2n) is 8.43. The Bertz CT molecular complexity index is 1270. The van der Waals surface area contributed by atoms with Gasteiger partial charge in [-0.25, -0.2) is 9.78 Å². The van der Waals surface area contributed by atoms with Crippen molar-refractivity contribution in [1.82, 2.24) is 4.98 Å². The Morgan fingerprint density at radius 3 is 2.60 bits per heavy atom. The van der Waals surface area contributed by atoms with E-state index in [1.807, 2.05) is 36.4 Å². The van der Waals surface area contributed by atoms with Gasteiger partial charge in [0.05, 0.1) is 29.9 Å². The summed E-state index contributed by atoms with van der Waals surface area (Å²) < 4.78 is 10.9. The fourth-order valence-corrected chi connectivity index (χ4v) is 5.45. The number of thioether (sulfide) groups is 1. The summed E-state index contributed by atoms with van der Waals surface area (Å²) in [7, 11) is 1.29. The number of aryl methyl sites for hydroxylation is 2. The van der Waals surface area contributed by atoms with E-state index in [9.17, 15) is 15.3 Å². The van der Waals surface area contributed by atoms with E-state index in [0.717, 1.165) is 42.5 Å². The minimum absolute atomic E-state index is 0.0451. The molecule has 2 aromatic rings. The first-order valence-electron chi connectivity index (χ1n) is 11.6. The van der Waals surface area contributed by atoms with Crippen LogP contribution in [0.25, 0.3) is 0 Å². The Kier molecular flexibility index (Phi) is 7.74. The lowest BCUT2D eigenvalue weighted by Gasteiger charge is -2.27. The lowest BCUT2D eigenvalue weighted by molar-refractivity contribution is -0.136. The number of carbonyl (C=O) groups is 1. The van der Waals surface area contributed by atoms with Gasteiger partial charge in [0.15, 0.2) is 0 Å². The zero-order valence-electron chi connectivity index (χ0n) is 19.5. The van der Waals surface area contributed by atoms with Crippen molar-refractivity contribution in [3.8, 4) is 12.1 Å². The van der Waals surface area contributed by atoms with Gasteiger partial charge >= 0.3 is 5.97 Å². The summed E-state index contributed by atoms with van der Waals surface area (Å²) in [5, 5.41) is 20.2. The second kappa shape index (κ2) is 11.1. The molecule has 4 rings (SSSR count). The van der Waals surface area contributed by atoms with Crippen LogP contribution in [0, 0.1) is 22.7 Å². The minimum Gasteiger partial charge on any atom is -0.466 e. The van der Waals surface area contributed by atoms with Gasteiger partial charge in [-0.1, -0.05) is 54.9 Å². The first kappa shape index (κ1) is 24.4. The minimum atomic E-state index is -0.711. The molecule has 1 aromatic heterocycles. The number of esters is 1. The average molecular weight is 487 g/mol. The van der Waals surface area contributed by atoms with E-state index in [-0.39, 0.29) is 22.8 Å². The van der Waals surface area contributed by atoms with Crippen molar-refractivity contribution >= 4 is 17.7 Å². The van der Waals surface area contributed by atoms with Crippen LogP contribution < -0.4 is 5.73 Å². The Hall–Kier alpha value is -3.75. The molecule has 1 aliphatic carbocycles. The van der Waals surface area contributed by atoms with Gasteiger partial charge in [0, 0.05) is 5.69 Å². The van der Waals surface area contributed by atoms with Crippen LogP contribution in [0.4, 0.5) is 0 Å². The van der Waals surface area contributed by atoms with Crippen LogP contribution in [-0.2, 0) is 27.1 Å². The van der Waals surface area contributed by atoms with Crippen LogP contribution in [0.1, 0.15) is 54.0 Å². The number of methoxy groups -OCH3 is 1. The Labute approximate surface area is 209 Å². The van der Waals surface area contributed by atoms with Crippen LogP contribution in [-0.4, -0.2) is 23.8 Å². The van der Waals surface area contributed by atoms with Crippen molar-refractivity contribution in [2.75, 3.05) is 12.9 Å². The van der Waals surface area contributed by atoms with Crippen molar-refractivity contribution in [1.29, 1.82) is 10.5 Å². The van der Waals surface area contributed by atoms with Crippen molar-refractivity contribution < 1.29 is 14.3 Å². The third-order valence-electron chi connectivity index (χ3n) is 6.26. The molecule has 7 nitrogen and oxygen atoms in total. The molecule has 2 N–H and O–H groups in total. The standard InChI is InChI=1S/C27H26N4O3S/c1-33-27(32)24-22(34-25(30)20(15-29)23(24)17-9-6-4-7-10-17)16-35-26-19(14-28)13-18-11-5-2-3-8-12-21(18)31-26/h4,6-7,9-10,13,23H,2-3,5,8,11-12,16,30H2,1H3/t23-/m0/s1. The molecule has 1 aliphatic heterocycles. The third-order valence-corrected chi connectivity index (χ3v) is 7.25. The largest absolute Gasteiger partial charge is 0.466 e. The summed E-state index contributed by atoms with van der Waals surface area (Å²) in [6, 6.07) is 15.5. The second-order valence-corrected chi connectivity index (χ2v) is 9.39. The Balaban J connectivity index is 1.72. The van der Waals surface area contributed by atoms with Gasteiger partial charge in [0.1, 0.15) is 28.5 Å². The normalized spacial score (nSPS) is 17.9. The molecule has 0 radical (unpaired) electrons. The molecule has 0 amide bonds. The lowest BCUT2D eigenvalue weighted by Crippen LogP contribution is -2.26. The highest BCUT2D eigenvalue weighted by Crippen LogP contribution is 2.41. The summed E-state index contributed by atoms with van der Waals surface area (Å²) in [5.41, 5.74) is 9.92. The number of allylic oxidation sites excluding steroid dienone is 1. The number of pyridine rings is 1. The molecule has 178 valence electrons. The van der Waals surface area contributed by atoms with Gasteiger partial charge in [-0.05, 0) is 42.9 Å². The number of rotatable bonds is 5. The summed E-state index contributed by atoms with van der Waals surface area (Å²) >= 11 is 1.32. The SMILES string of the molecule is COC(=O)C1=C(CSc2nc3c(cc2C#N)CCCCCC3)OC(N)=C(C#N)[C@@H]1c1ccccc1. The predicted octanol–water partition coefficient (Wildman–Crippen LogP) is 4.64. The molecule has 0 saturated heterocycles. The molecule has 35 heavy (non-hydrogen) atoms. The maximum atomic E-state index is 12.9.